The molecule has 2 aromatic carbocycles. The van der Waals surface area contributed by atoms with Crippen LogP contribution in [0.1, 0.15) is 47.8 Å². The molecule has 0 bridgehead atoms. The van der Waals surface area contributed by atoms with Crippen molar-refractivity contribution in [3.8, 4) is 0 Å². The number of anilines is 1. The van der Waals surface area contributed by atoms with Crippen LogP contribution in [0.4, 0.5) is 5.69 Å². The quantitative estimate of drug-likeness (QED) is 0.908. The summed E-state index contributed by atoms with van der Waals surface area (Å²) in [6, 6.07) is 9.22. The van der Waals surface area contributed by atoms with E-state index in [1.54, 1.807) is 13.0 Å². The molecule has 0 saturated carbocycles. The molecule has 134 valence electrons. The van der Waals surface area contributed by atoms with Crippen molar-refractivity contribution in [1.82, 2.24) is 0 Å². The minimum atomic E-state index is -3.86. The first-order valence-electron chi connectivity index (χ1n) is 7.88. The van der Waals surface area contributed by atoms with Gasteiger partial charge in [0.05, 0.1) is 10.9 Å². The van der Waals surface area contributed by atoms with Gasteiger partial charge in [-0.25, -0.2) is 8.42 Å². The molecule has 0 heterocycles. The van der Waals surface area contributed by atoms with Gasteiger partial charge in [-0.15, -0.1) is 0 Å². The summed E-state index contributed by atoms with van der Waals surface area (Å²) < 4.78 is 28.2. The fraction of sp³-hybridized carbons (Fsp3) is 0.316. The summed E-state index contributed by atoms with van der Waals surface area (Å²) in [4.78, 5) is 11.1. The first kappa shape index (κ1) is 19.0. The second kappa shape index (κ2) is 6.52. The van der Waals surface area contributed by atoms with Crippen molar-refractivity contribution in [1.29, 1.82) is 0 Å². The lowest BCUT2D eigenvalue weighted by Gasteiger charge is -2.22. The second-order valence-corrected chi connectivity index (χ2v) is 8.79. The molecule has 5 nitrogen and oxygen atoms in total. The van der Waals surface area contributed by atoms with E-state index in [1.165, 1.54) is 24.3 Å². The molecule has 0 radical (unpaired) electrons. The number of carboxylic acid groups (broad SMARTS) is 1. The summed E-state index contributed by atoms with van der Waals surface area (Å²) in [5, 5.41) is 11.0. The highest BCUT2D eigenvalue weighted by Crippen LogP contribution is 2.30. The van der Waals surface area contributed by atoms with Crippen LogP contribution in [0.25, 0.3) is 0 Å². The zero-order chi connectivity index (χ0) is 19.0. The Kier molecular flexibility index (Phi) is 4.95. The van der Waals surface area contributed by atoms with E-state index in [4.69, 9.17) is 0 Å². The third-order valence-corrected chi connectivity index (χ3v) is 5.63. The van der Waals surface area contributed by atoms with Crippen LogP contribution >= 0.6 is 0 Å². The standard InChI is InChI=1S/C19H23NO4S/c1-12-9-15(19(3,4)5)11-17(13(12)2)25(23,24)20-16-8-6-7-14(10-16)18(21)22/h6-11,20H,1-5H3,(H,21,22)/p-1. The van der Waals surface area contributed by atoms with E-state index in [9.17, 15) is 18.3 Å². The molecule has 0 atom stereocenters. The van der Waals surface area contributed by atoms with E-state index in [-0.39, 0.29) is 21.6 Å². The number of hydrogen-bond donors (Lipinski definition) is 1. The number of rotatable bonds is 4. The van der Waals surface area contributed by atoms with Crippen LogP contribution in [0.5, 0.6) is 0 Å². The van der Waals surface area contributed by atoms with Gasteiger partial charge in [0.1, 0.15) is 0 Å². The van der Waals surface area contributed by atoms with Crippen molar-refractivity contribution in [2.24, 2.45) is 0 Å². The van der Waals surface area contributed by atoms with Crippen molar-refractivity contribution < 1.29 is 18.3 Å². The Hall–Kier alpha value is -2.34. The molecule has 1 N–H and O–H groups in total. The molecule has 0 aliphatic heterocycles. The van der Waals surface area contributed by atoms with Gasteiger partial charge in [0.15, 0.2) is 0 Å². The van der Waals surface area contributed by atoms with Gasteiger partial charge in [-0.3, -0.25) is 4.72 Å². The Balaban J connectivity index is 2.51. The third kappa shape index (κ3) is 4.20. The maximum absolute atomic E-state index is 12.9. The normalized spacial score (nSPS) is 12.0. The highest BCUT2D eigenvalue weighted by Gasteiger charge is 2.23. The molecular formula is C19H22NO4S-. The lowest BCUT2D eigenvalue weighted by Crippen LogP contribution is -2.22. The molecule has 0 saturated heterocycles. The highest BCUT2D eigenvalue weighted by atomic mass is 32.2. The van der Waals surface area contributed by atoms with E-state index in [1.807, 2.05) is 33.8 Å². The van der Waals surface area contributed by atoms with Gasteiger partial charge in [0.25, 0.3) is 10.0 Å². The minimum absolute atomic E-state index is 0.0865. The Bertz CT molecular complexity index is 925. The van der Waals surface area contributed by atoms with Crippen LogP contribution in [-0.4, -0.2) is 14.4 Å². The Morgan fingerprint density at radius 2 is 1.72 bits per heavy atom. The fourth-order valence-electron chi connectivity index (χ4n) is 2.46. The summed E-state index contributed by atoms with van der Waals surface area (Å²) >= 11 is 0. The van der Waals surface area contributed by atoms with Gasteiger partial charge >= 0.3 is 0 Å². The maximum Gasteiger partial charge on any atom is 0.262 e. The van der Waals surface area contributed by atoms with Crippen LogP contribution in [-0.2, 0) is 15.4 Å². The highest BCUT2D eigenvalue weighted by molar-refractivity contribution is 7.92. The smallest absolute Gasteiger partial charge is 0.262 e. The summed E-state index contributed by atoms with van der Waals surface area (Å²) in [6.45, 7) is 9.69. The van der Waals surface area contributed by atoms with Crippen LogP contribution in [0.2, 0.25) is 0 Å². The monoisotopic (exact) mass is 360 g/mol. The number of nitrogens with one attached hydrogen (secondary N) is 1. The van der Waals surface area contributed by atoms with Crippen molar-refractivity contribution in [3.05, 3.63) is 58.7 Å². The van der Waals surface area contributed by atoms with Gasteiger partial charge in [-0.1, -0.05) is 39.0 Å². The lowest BCUT2D eigenvalue weighted by atomic mass is 9.85. The van der Waals surface area contributed by atoms with Crippen molar-refractivity contribution >= 4 is 21.7 Å². The number of carbonyl (C=O) groups is 1. The molecule has 25 heavy (non-hydrogen) atoms. The van der Waals surface area contributed by atoms with Gasteiger partial charge in [-0.2, -0.15) is 0 Å². The van der Waals surface area contributed by atoms with Crippen LogP contribution in [0, 0.1) is 13.8 Å². The van der Waals surface area contributed by atoms with E-state index in [0.717, 1.165) is 11.1 Å². The minimum Gasteiger partial charge on any atom is -0.545 e. The summed E-state index contributed by atoms with van der Waals surface area (Å²) in [7, 11) is -3.86. The van der Waals surface area contributed by atoms with Crippen LogP contribution < -0.4 is 9.83 Å². The fourth-order valence-corrected chi connectivity index (χ4v) is 3.85. The number of carbonyl (C=O) groups excluding carboxylic acids is 1. The predicted molar refractivity (Wildman–Crippen MR) is 96.2 cm³/mol. The molecule has 0 fully saturated rings. The first-order chi connectivity index (χ1) is 11.4. The number of sulfonamides is 1. The SMILES string of the molecule is Cc1cc(C(C)(C)C)cc(S(=O)(=O)Nc2cccc(C(=O)[O-])c2)c1C. The number of aromatic carboxylic acids is 1. The summed E-state index contributed by atoms with van der Waals surface area (Å²) in [6.07, 6.45) is 0. The van der Waals surface area contributed by atoms with E-state index in [2.05, 4.69) is 4.72 Å². The molecule has 2 rings (SSSR count). The largest absolute Gasteiger partial charge is 0.545 e. The topological polar surface area (TPSA) is 86.3 Å². The van der Waals surface area contributed by atoms with Gasteiger partial charge in [0, 0.05) is 5.69 Å². The van der Waals surface area contributed by atoms with Crippen molar-refractivity contribution in [2.75, 3.05) is 4.72 Å². The van der Waals surface area contributed by atoms with Gasteiger partial charge < -0.3 is 9.90 Å². The van der Waals surface area contributed by atoms with Crippen molar-refractivity contribution in [3.63, 3.8) is 0 Å². The van der Waals surface area contributed by atoms with Gasteiger partial charge in [0.2, 0.25) is 0 Å². The van der Waals surface area contributed by atoms with E-state index >= 15 is 0 Å². The molecule has 0 aliphatic rings. The van der Waals surface area contributed by atoms with E-state index < -0.39 is 16.0 Å². The molecular weight excluding hydrogens is 338 g/mol. The molecule has 2 aromatic rings. The number of hydrogen-bond acceptors (Lipinski definition) is 4. The van der Waals surface area contributed by atoms with Crippen molar-refractivity contribution in [2.45, 2.75) is 44.9 Å². The molecule has 0 aliphatic carbocycles. The Labute approximate surface area is 148 Å². The Morgan fingerprint density at radius 1 is 1.08 bits per heavy atom. The summed E-state index contributed by atoms with van der Waals surface area (Å²) in [5.41, 5.74) is 2.36. The zero-order valence-electron chi connectivity index (χ0n) is 15.0. The van der Waals surface area contributed by atoms with Gasteiger partial charge in [-0.05, 0) is 59.7 Å². The number of carboxylic acids is 1. The summed E-state index contributed by atoms with van der Waals surface area (Å²) in [5.74, 6) is -1.36. The number of benzene rings is 2. The average molecular weight is 360 g/mol. The molecule has 0 aromatic heterocycles. The van der Waals surface area contributed by atoms with E-state index in [0.29, 0.717) is 5.56 Å². The third-order valence-electron chi connectivity index (χ3n) is 4.13. The Morgan fingerprint density at radius 3 is 2.28 bits per heavy atom. The lowest BCUT2D eigenvalue weighted by molar-refractivity contribution is -0.255. The first-order valence-corrected chi connectivity index (χ1v) is 9.36. The second-order valence-electron chi connectivity index (χ2n) is 7.14. The maximum atomic E-state index is 12.9. The van der Waals surface area contributed by atoms with Crippen LogP contribution in [0.15, 0.2) is 41.3 Å². The average Bonchev–Trinajstić information content (AvgIpc) is 2.48. The number of aryl methyl sites for hydroxylation is 1. The predicted octanol–water partition coefficient (Wildman–Crippen LogP) is 2.77. The zero-order valence-corrected chi connectivity index (χ0v) is 15.8. The molecule has 0 amide bonds. The molecule has 0 spiro atoms. The van der Waals surface area contributed by atoms with Crippen LogP contribution in [0.3, 0.4) is 0 Å². The molecule has 0 unspecified atom stereocenters. The molecule has 6 heteroatoms.